The molecule has 5 heteroatoms. The van der Waals surface area contributed by atoms with Crippen LogP contribution in [-0.2, 0) is 10.3 Å². The number of hydrogen-bond acceptors (Lipinski definition) is 3. The van der Waals surface area contributed by atoms with Crippen LogP contribution in [0, 0.1) is 5.92 Å². The summed E-state index contributed by atoms with van der Waals surface area (Å²) in [5, 5.41) is 0. The maximum Gasteiger partial charge on any atom is 0.328 e. The summed E-state index contributed by atoms with van der Waals surface area (Å²) in [6, 6.07) is 32.1. The van der Waals surface area contributed by atoms with Gasteiger partial charge >= 0.3 is 5.69 Å². The van der Waals surface area contributed by atoms with Gasteiger partial charge in [-0.1, -0.05) is 103 Å². The molecule has 4 aromatic rings. The van der Waals surface area contributed by atoms with E-state index in [0.717, 1.165) is 23.1 Å². The quantitative estimate of drug-likeness (QED) is 0.329. The first kappa shape index (κ1) is 21.9. The zero-order valence-electron chi connectivity index (χ0n) is 18.7. The van der Waals surface area contributed by atoms with Crippen molar-refractivity contribution in [3.05, 3.63) is 153 Å². The van der Waals surface area contributed by atoms with Crippen LogP contribution in [-0.4, -0.2) is 16.2 Å². The van der Waals surface area contributed by atoms with Gasteiger partial charge in [0.25, 0.3) is 5.56 Å². The molecule has 170 valence electrons. The van der Waals surface area contributed by atoms with Crippen LogP contribution in [0.5, 0.6) is 0 Å². The predicted molar refractivity (Wildman–Crippen MR) is 133 cm³/mol. The lowest BCUT2D eigenvalue weighted by atomic mass is 9.80. The predicted octanol–water partition coefficient (Wildman–Crippen LogP) is 4.66. The molecule has 1 N–H and O–H groups in total. The molecule has 1 heterocycles. The monoisotopic (exact) mass is 450 g/mol. The second kappa shape index (κ2) is 9.49. The second-order valence-corrected chi connectivity index (χ2v) is 8.56. The minimum absolute atomic E-state index is 0.113. The van der Waals surface area contributed by atoms with Gasteiger partial charge in [-0.05, 0) is 23.1 Å². The van der Waals surface area contributed by atoms with Gasteiger partial charge in [0.05, 0.1) is 12.6 Å². The fraction of sp³-hybridized carbons (Fsp3) is 0.172. The molecule has 1 aliphatic carbocycles. The molecule has 0 spiro atoms. The number of aromatic amines is 1. The van der Waals surface area contributed by atoms with Crippen LogP contribution in [0.1, 0.15) is 29.2 Å². The Morgan fingerprint density at radius 3 is 1.79 bits per heavy atom. The van der Waals surface area contributed by atoms with Crippen molar-refractivity contribution in [3.8, 4) is 0 Å². The van der Waals surface area contributed by atoms with Crippen molar-refractivity contribution >= 4 is 0 Å². The summed E-state index contributed by atoms with van der Waals surface area (Å²) < 4.78 is 8.48. The Balaban J connectivity index is 1.48. The maximum atomic E-state index is 12.2. The van der Waals surface area contributed by atoms with Gasteiger partial charge in [0.15, 0.2) is 0 Å². The Hall–Kier alpha value is -3.96. The highest BCUT2D eigenvalue weighted by atomic mass is 16.5. The molecular formula is C29H26N2O3. The standard InChI is InChI=1S/C29H26N2O3/c32-27-18-19-31(28(33)30-27)26-17-16-22(20-26)21-34-29(23-10-4-1-5-11-23,24-12-6-2-7-13-24)25-14-8-3-9-15-25/h1-19,22,26H,20-21H2,(H,30,32,33)/t22-,26+/m1/s1. The van der Waals surface area contributed by atoms with Crippen LogP contribution >= 0.6 is 0 Å². The number of H-pyrrole nitrogens is 1. The number of nitrogens with one attached hydrogen (secondary N) is 1. The fourth-order valence-corrected chi connectivity index (χ4v) is 4.77. The van der Waals surface area contributed by atoms with Crippen molar-refractivity contribution in [2.24, 2.45) is 5.92 Å². The van der Waals surface area contributed by atoms with Crippen molar-refractivity contribution in [2.45, 2.75) is 18.1 Å². The van der Waals surface area contributed by atoms with E-state index in [1.165, 1.54) is 6.07 Å². The molecule has 1 aromatic heterocycles. The lowest BCUT2D eigenvalue weighted by Gasteiger charge is -2.36. The summed E-state index contributed by atoms with van der Waals surface area (Å²) >= 11 is 0. The van der Waals surface area contributed by atoms with Gasteiger partial charge in [-0.15, -0.1) is 0 Å². The van der Waals surface area contributed by atoms with Gasteiger partial charge in [-0.25, -0.2) is 4.79 Å². The van der Waals surface area contributed by atoms with Crippen molar-refractivity contribution < 1.29 is 4.74 Å². The van der Waals surface area contributed by atoms with E-state index in [9.17, 15) is 9.59 Å². The molecule has 0 amide bonds. The smallest absolute Gasteiger partial charge is 0.328 e. The number of aromatic nitrogens is 2. The van der Waals surface area contributed by atoms with E-state index in [2.05, 4.69) is 47.5 Å². The van der Waals surface area contributed by atoms with Crippen LogP contribution in [0.4, 0.5) is 0 Å². The number of ether oxygens (including phenoxy) is 1. The van der Waals surface area contributed by atoms with Gasteiger partial charge < -0.3 is 4.74 Å². The van der Waals surface area contributed by atoms with Gasteiger partial charge in [-0.2, -0.15) is 0 Å². The molecule has 0 bridgehead atoms. The van der Waals surface area contributed by atoms with Crippen molar-refractivity contribution in [3.63, 3.8) is 0 Å². The summed E-state index contributed by atoms with van der Waals surface area (Å²) in [4.78, 5) is 26.0. The molecule has 5 nitrogen and oxygen atoms in total. The van der Waals surface area contributed by atoms with Crippen LogP contribution in [0.25, 0.3) is 0 Å². The largest absolute Gasteiger partial charge is 0.360 e. The van der Waals surface area contributed by atoms with E-state index in [-0.39, 0.29) is 17.5 Å². The zero-order valence-corrected chi connectivity index (χ0v) is 18.7. The highest BCUT2D eigenvalue weighted by Crippen LogP contribution is 2.41. The van der Waals surface area contributed by atoms with Crippen molar-refractivity contribution in [2.75, 3.05) is 6.61 Å². The number of rotatable bonds is 7. The van der Waals surface area contributed by atoms with Gasteiger partial charge in [0, 0.05) is 18.2 Å². The van der Waals surface area contributed by atoms with Crippen LogP contribution in [0.15, 0.2) is 125 Å². The topological polar surface area (TPSA) is 64.1 Å². The highest BCUT2D eigenvalue weighted by molar-refractivity contribution is 5.47. The molecule has 0 aliphatic heterocycles. The highest BCUT2D eigenvalue weighted by Gasteiger charge is 2.38. The van der Waals surface area contributed by atoms with Crippen molar-refractivity contribution in [1.82, 2.24) is 9.55 Å². The number of benzene rings is 3. The Kier molecular flexibility index (Phi) is 6.11. The second-order valence-electron chi connectivity index (χ2n) is 8.56. The molecule has 0 saturated heterocycles. The fourth-order valence-electron chi connectivity index (χ4n) is 4.77. The zero-order chi connectivity index (χ0) is 23.4. The van der Waals surface area contributed by atoms with E-state index in [4.69, 9.17) is 4.74 Å². The summed E-state index contributed by atoms with van der Waals surface area (Å²) in [6.07, 6.45) is 6.40. The van der Waals surface area contributed by atoms with Gasteiger partial charge in [-0.3, -0.25) is 14.3 Å². The number of nitrogens with zero attached hydrogens (tertiary/aromatic N) is 1. The molecule has 34 heavy (non-hydrogen) atoms. The molecule has 0 unspecified atom stereocenters. The first-order chi connectivity index (χ1) is 16.7. The van der Waals surface area contributed by atoms with Gasteiger partial charge in [0.1, 0.15) is 5.60 Å². The average Bonchev–Trinajstić information content (AvgIpc) is 3.35. The number of hydrogen-bond donors (Lipinski definition) is 1. The van der Waals surface area contributed by atoms with E-state index >= 15 is 0 Å². The third-order valence-electron chi connectivity index (χ3n) is 6.41. The molecule has 3 aromatic carbocycles. The molecule has 1 aliphatic rings. The van der Waals surface area contributed by atoms with Crippen LogP contribution in [0.3, 0.4) is 0 Å². The van der Waals surface area contributed by atoms with E-state index in [1.54, 1.807) is 10.8 Å². The molecule has 0 fully saturated rings. The summed E-state index contributed by atoms with van der Waals surface area (Å²) in [6.45, 7) is 0.476. The normalized spacial score (nSPS) is 17.6. The Bertz CT molecular complexity index is 1280. The summed E-state index contributed by atoms with van der Waals surface area (Å²) in [7, 11) is 0. The summed E-state index contributed by atoms with van der Waals surface area (Å²) in [5.41, 5.74) is 1.62. The molecule has 0 radical (unpaired) electrons. The Labute approximate surface area is 198 Å². The molecule has 2 atom stereocenters. The first-order valence-electron chi connectivity index (χ1n) is 11.5. The van der Waals surface area contributed by atoms with Crippen LogP contribution < -0.4 is 11.2 Å². The average molecular weight is 451 g/mol. The Morgan fingerprint density at radius 2 is 1.29 bits per heavy atom. The minimum Gasteiger partial charge on any atom is -0.360 e. The lowest BCUT2D eigenvalue weighted by Crippen LogP contribution is -2.34. The third kappa shape index (κ3) is 4.18. The Morgan fingerprint density at radius 1 is 0.765 bits per heavy atom. The number of allylic oxidation sites excluding steroid dienone is 1. The third-order valence-corrected chi connectivity index (χ3v) is 6.41. The van der Waals surface area contributed by atoms with Crippen LogP contribution in [0.2, 0.25) is 0 Å². The van der Waals surface area contributed by atoms with Gasteiger partial charge in [0.2, 0.25) is 0 Å². The minimum atomic E-state index is -0.773. The molecule has 5 rings (SSSR count). The van der Waals surface area contributed by atoms with Crippen molar-refractivity contribution in [1.29, 1.82) is 0 Å². The molecule has 0 saturated carbocycles. The SMILES string of the molecule is O=c1ccn([C@H]2C=C[C@@H](COC(c3ccccc3)(c3ccccc3)c3ccccc3)C2)c(=O)[nH]1. The van der Waals surface area contributed by atoms with E-state index in [1.807, 2.05) is 60.7 Å². The van der Waals surface area contributed by atoms with E-state index < -0.39 is 11.3 Å². The summed E-state index contributed by atoms with van der Waals surface area (Å²) in [5.74, 6) is 0.124. The first-order valence-corrected chi connectivity index (χ1v) is 11.5. The molecular weight excluding hydrogens is 424 g/mol. The lowest BCUT2D eigenvalue weighted by molar-refractivity contribution is -0.00166. The maximum absolute atomic E-state index is 12.2. The van der Waals surface area contributed by atoms with E-state index in [0.29, 0.717) is 6.61 Å².